The molecule has 0 saturated heterocycles. The van der Waals surface area contributed by atoms with Gasteiger partial charge in [-0.25, -0.2) is 0 Å². The minimum absolute atomic E-state index is 0.0239. The first-order chi connectivity index (χ1) is 10.2. The Morgan fingerprint density at radius 2 is 2.00 bits per heavy atom. The summed E-state index contributed by atoms with van der Waals surface area (Å²) in [7, 11) is 1.71. The van der Waals surface area contributed by atoms with Crippen molar-refractivity contribution < 1.29 is 4.79 Å². The lowest BCUT2D eigenvalue weighted by Crippen LogP contribution is -2.48. The number of benzene rings is 1. The highest BCUT2D eigenvalue weighted by molar-refractivity contribution is 9.10. The average Bonchev–Trinajstić information content (AvgIpc) is 2.39. The van der Waals surface area contributed by atoms with Gasteiger partial charge in [0.05, 0.1) is 0 Å². The van der Waals surface area contributed by atoms with Gasteiger partial charge in [-0.15, -0.1) is 0 Å². The summed E-state index contributed by atoms with van der Waals surface area (Å²) in [4.78, 5) is 16.1. The first-order valence-electron chi connectivity index (χ1n) is 7.26. The van der Waals surface area contributed by atoms with E-state index in [0.29, 0.717) is 18.9 Å². The smallest absolute Gasteiger partial charge is 0.226 e. The highest BCUT2D eigenvalue weighted by Crippen LogP contribution is 2.19. The second-order valence-electron chi connectivity index (χ2n) is 6.13. The van der Waals surface area contributed by atoms with Gasteiger partial charge < -0.3 is 16.0 Å². The number of rotatable bonds is 4. The summed E-state index contributed by atoms with van der Waals surface area (Å²) in [6.07, 6.45) is 0.375. The van der Waals surface area contributed by atoms with E-state index in [0.717, 1.165) is 15.7 Å². The van der Waals surface area contributed by atoms with Crippen molar-refractivity contribution >= 4 is 33.5 Å². The summed E-state index contributed by atoms with van der Waals surface area (Å²) < 4.78 is 1.00. The monoisotopic (exact) mass is 368 g/mol. The SMILES string of the molecule is CN=C(NCCC(=O)Nc1ccc(Br)cc1C)NC(C)(C)C. The van der Waals surface area contributed by atoms with E-state index in [4.69, 9.17) is 0 Å². The van der Waals surface area contributed by atoms with Gasteiger partial charge in [0.15, 0.2) is 5.96 Å². The van der Waals surface area contributed by atoms with E-state index in [1.165, 1.54) is 0 Å². The maximum Gasteiger partial charge on any atom is 0.226 e. The van der Waals surface area contributed by atoms with Crippen LogP contribution in [0.1, 0.15) is 32.8 Å². The maximum absolute atomic E-state index is 12.0. The molecule has 0 saturated carbocycles. The van der Waals surface area contributed by atoms with Crippen molar-refractivity contribution in [3.05, 3.63) is 28.2 Å². The molecule has 1 aromatic rings. The van der Waals surface area contributed by atoms with Gasteiger partial charge in [-0.05, 0) is 51.5 Å². The van der Waals surface area contributed by atoms with E-state index in [9.17, 15) is 4.79 Å². The van der Waals surface area contributed by atoms with Crippen LogP contribution < -0.4 is 16.0 Å². The molecule has 0 spiro atoms. The highest BCUT2D eigenvalue weighted by atomic mass is 79.9. The lowest BCUT2D eigenvalue weighted by Gasteiger charge is -2.23. The zero-order chi connectivity index (χ0) is 16.8. The molecule has 6 heteroatoms. The molecule has 5 nitrogen and oxygen atoms in total. The number of aliphatic imine (C=N–C) groups is 1. The molecule has 0 unspecified atom stereocenters. The van der Waals surface area contributed by atoms with Crippen molar-refractivity contribution in [2.24, 2.45) is 4.99 Å². The van der Waals surface area contributed by atoms with Gasteiger partial charge in [0.25, 0.3) is 0 Å². The van der Waals surface area contributed by atoms with Gasteiger partial charge in [0.1, 0.15) is 0 Å². The van der Waals surface area contributed by atoms with Crippen molar-refractivity contribution in [3.8, 4) is 0 Å². The Labute approximate surface area is 141 Å². The minimum atomic E-state index is -0.0708. The third-order valence-electron chi connectivity index (χ3n) is 2.82. The first-order valence-corrected chi connectivity index (χ1v) is 8.05. The molecule has 1 rings (SSSR count). The standard InChI is InChI=1S/C16H25BrN4O/c1-11-10-12(17)6-7-13(11)20-14(22)8-9-19-15(18-5)21-16(2,3)4/h6-7,10H,8-9H2,1-5H3,(H,20,22)(H2,18,19,21). The Kier molecular flexibility index (Phi) is 6.87. The molecule has 122 valence electrons. The van der Waals surface area contributed by atoms with E-state index in [2.05, 4.69) is 57.6 Å². The van der Waals surface area contributed by atoms with Gasteiger partial charge in [-0.1, -0.05) is 15.9 Å². The molecular weight excluding hydrogens is 344 g/mol. The summed E-state index contributed by atoms with van der Waals surface area (Å²) >= 11 is 3.41. The molecule has 1 amide bonds. The molecule has 0 aliphatic rings. The van der Waals surface area contributed by atoms with Crippen LogP contribution in [-0.4, -0.2) is 31.0 Å². The number of aryl methyl sites for hydroxylation is 1. The van der Waals surface area contributed by atoms with Crippen LogP contribution in [0, 0.1) is 6.92 Å². The number of amides is 1. The van der Waals surface area contributed by atoms with Crippen molar-refractivity contribution in [1.29, 1.82) is 0 Å². The second-order valence-corrected chi connectivity index (χ2v) is 7.05. The van der Waals surface area contributed by atoms with Crippen LogP contribution in [0.4, 0.5) is 5.69 Å². The number of anilines is 1. The molecule has 0 aliphatic heterocycles. The largest absolute Gasteiger partial charge is 0.356 e. The van der Waals surface area contributed by atoms with E-state index in [1.54, 1.807) is 7.05 Å². The molecule has 0 aromatic heterocycles. The number of carbonyl (C=O) groups excluding carboxylic acids is 1. The second kappa shape index (κ2) is 8.17. The Morgan fingerprint density at radius 1 is 1.32 bits per heavy atom. The summed E-state index contributed by atoms with van der Waals surface area (Å²) in [6, 6.07) is 5.78. The van der Waals surface area contributed by atoms with E-state index < -0.39 is 0 Å². The number of guanidine groups is 1. The molecule has 0 radical (unpaired) electrons. The quantitative estimate of drug-likeness (QED) is 0.565. The number of hydrogen-bond donors (Lipinski definition) is 3. The lowest BCUT2D eigenvalue weighted by atomic mass is 10.1. The minimum Gasteiger partial charge on any atom is -0.356 e. The molecular formula is C16H25BrN4O. The topological polar surface area (TPSA) is 65.5 Å². The van der Waals surface area contributed by atoms with Crippen molar-refractivity contribution in [1.82, 2.24) is 10.6 Å². The Hall–Kier alpha value is -1.56. The van der Waals surface area contributed by atoms with Gasteiger partial charge in [0, 0.05) is 35.7 Å². The van der Waals surface area contributed by atoms with Gasteiger partial charge in [0.2, 0.25) is 5.91 Å². The Bertz CT molecular complexity index is 550. The molecule has 0 fully saturated rings. The van der Waals surface area contributed by atoms with Gasteiger partial charge in [-0.3, -0.25) is 9.79 Å². The Balaban J connectivity index is 2.43. The van der Waals surface area contributed by atoms with Crippen LogP contribution in [0.15, 0.2) is 27.7 Å². The summed E-state index contributed by atoms with van der Waals surface area (Å²) in [5.74, 6) is 0.671. The number of nitrogens with zero attached hydrogens (tertiary/aromatic N) is 1. The average molecular weight is 369 g/mol. The fraction of sp³-hybridized carbons (Fsp3) is 0.500. The fourth-order valence-corrected chi connectivity index (χ4v) is 2.28. The fourth-order valence-electron chi connectivity index (χ4n) is 1.81. The molecule has 0 heterocycles. The van der Waals surface area contributed by atoms with Crippen LogP contribution in [0.2, 0.25) is 0 Å². The van der Waals surface area contributed by atoms with Crippen molar-refractivity contribution in [3.63, 3.8) is 0 Å². The van der Waals surface area contributed by atoms with E-state index >= 15 is 0 Å². The highest BCUT2D eigenvalue weighted by Gasteiger charge is 2.12. The zero-order valence-electron chi connectivity index (χ0n) is 13.9. The van der Waals surface area contributed by atoms with Crippen molar-refractivity contribution in [2.75, 3.05) is 18.9 Å². The van der Waals surface area contributed by atoms with Crippen LogP contribution in [0.5, 0.6) is 0 Å². The summed E-state index contributed by atoms with van der Waals surface area (Å²) in [6.45, 7) is 8.67. The predicted octanol–water partition coefficient (Wildman–Crippen LogP) is 3.05. The third kappa shape index (κ3) is 6.93. The Morgan fingerprint density at radius 3 is 2.55 bits per heavy atom. The van der Waals surface area contributed by atoms with Crippen LogP contribution in [-0.2, 0) is 4.79 Å². The third-order valence-corrected chi connectivity index (χ3v) is 3.32. The van der Waals surface area contributed by atoms with E-state index in [1.807, 2.05) is 25.1 Å². The zero-order valence-corrected chi connectivity index (χ0v) is 15.5. The number of halogens is 1. The summed E-state index contributed by atoms with van der Waals surface area (Å²) in [5, 5.41) is 9.30. The predicted molar refractivity (Wildman–Crippen MR) is 96.4 cm³/mol. The van der Waals surface area contributed by atoms with Crippen LogP contribution in [0.25, 0.3) is 0 Å². The maximum atomic E-state index is 12.0. The van der Waals surface area contributed by atoms with Crippen LogP contribution in [0.3, 0.4) is 0 Å². The molecule has 0 aliphatic carbocycles. The molecule has 22 heavy (non-hydrogen) atoms. The lowest BCUT2D eigenvalue weighted by molar-refractivity contribution is -0.116. The summed E-state index contributed by atoms with van der Waals surface area (Å²) in [5.41, 5.74) is 1.80. The van der Waals surface area contributed by atoms with Gasteiger partial charge in [-0.2, -0.15) is 0 Å². The first kappa shape index (κ1) is 18.5. The molecule has 3 N–H and O–H groups in total. The molecule has 0 bridgehead atoms. The molecule has 1 aromatic carbocycles. The van der Waals surface area contributed by atoms with Crippen LogP contribution >= 0.6 is 15.9 Å². The number of nitrogens with one attached hydrogen (secondary N) is 3. The van der Waals surface area contributed by atoms with Gasteiger partial charge >= 0.3 is 0 Å². The number of carbonyl (C=O) groups is 1. The molecule has 0 atom stereocenters. The van der Waals surface area contributed by atoms with E-state index in [-0.39, 0.29) is 11.4 Å². The normalized spacial score (nSPS) is 12.0. The number of hydrogen-bond acceptors (Lipinski definition) is 2. The van der Waals surface area contributed by atoms with Crippen molar-refractivity contribution in [2.45, 2.75) is 39.7 Å².